The molecule has 76 valence electrons. The van der Waals surface area contributed by atoms with Crippen LogP contribution in [0.25, 0.3) is 0 Å². The maximum absolute atomic E-state index is 8.53. The third kappa shape index (κ3) is 4.26. The third-order valence-corrected chi connectivity index (χ3v) is 2.82. The first-order valence-electron chi connectivity index (χ1n) is 4.48. The smallest absolute Gasteiger partial charge is 0.133 e. The van der Waals surface area contributed by atoms with Crippen LogP contribution < -0.4 is 0 Å². The van der Waals surface area contributed by atoms with Crippen molar-refractivity contribution in [1.82, 2.24) is 0 Å². The molecule has 0 N–H and O–H groups in total. The van der Waals surface area contributed by atoms with Crippen LogP contribution in [0.15, 0.2) is 35.3 Å². The third-order valence-electron chi connectivity index (χ3n) is 2.00. The van der Waals surface area contributed by atoms with Crippen LogP contribution in [0.4, 0.5) is 0 Å². The van der Waals surface area contributed by atoms with Gasteiger partial charge in [0, 0.05) is 11.7 Å². The van der Waals surface area contributed by atoms with Crippen molar-refractivity contribution in [3.63, 3.8) is 0 Å². The average molecular weight is 234 g/mol. The lowest BCUT2D eigenvalue weighted by Gasteiger charge is -2.11. The molecule has 0 aliphatic heterocycles. The molecular formula is C11H10N2S2. The number of thiocyanates is 1. The van der Waals surface area contributed by atoms with Crippen LogP contribution in [0, 0.1) is 10.7 Å². The van der Waals surface area contributed by atoms with Crippen molar-refractivity contribution in [3.8, 4) is 5.40 Å². The van der Waals surface area contributed by atoms with Gasteiger partial charge in [-0.2, -0.15) is 5.26 Å². The van der Waals surface area contributed by atoms with Gasteiger partial charge in [-0.05, 0) is 29.5 Å². The molecule has 0 aromatic heterocycles. The first-order chi connectivity index (χ1) is 7.38. The summed E-state index contributed by atoms with van der Waals surface area (Å²) < 4.78 is 0. The van der Waals surface area contributed by atoms with Crippen molar-refractivity contribution in [2.24, 2.45) is 4.99 Å². The lowest BCUT2D eigenvalue weighted by atomic mass is 10.0. The summed E-state index contributed by atoms with van der Waals surface area (Å²) in [5.74, 6) is 0.979. The Morgan fingerprint density at radius 2 is 2.13 bits per heavy atom. The maximum atomic E-state index is 8.53. The van der Waals surface area contributed by atoms with E-state index >= 15 is 0 Å². The molecular weight excluding hydrogens is 224 g/mol. The van der Waals surface area contributed by atoms with Crippen LogP contribution in [0.2, 0.25) is 0 Å². The van der Waals surface area contributed by atoms with Gasteiger partial charge in [0.25, 0.3) is 0 Å². The fraction of sp³-hybridized carbons (Fsp3) is 0.273. The number of nitriles is 1. The van der Waals surface area contributed by atoms with Gasteiger partial charge in [0.1, 0.15) is 5.40 Å². The molecule has 1 rings (SSSR count). The highest BCUT2D eigenvalue weighted by molar-refractivity contribution is 8.03. The minimum Gasteiger partial charge on any atom is -0.232 e. The van der Waals surface area contributed by atoms with Crippen molar-refractivity contribution < 1.29 is 0 Å². The Balaban J connectivity index is 2.72. The molecule has 0 aliphatic carbocycles. The number of hydrogen-bond acceptors (Lipinski definition) is 4. The molecule has 0 radical (unpaired) electrons. The molecule has 0 aliphatic rings. The molecule has 1 aromatic carbocycles. The molecule has 0 spiro atoms. The summed E-state index contributed by atoms with van der Waals surface area (Å²) in [5, 5.41) is 13.0. The van der Waals surface area contributed by atoms with Crippen LogP contribution in [-0.2, 0) is 0 Å². The molecule has 0 fully saturated rings. The second-order valence-electron chi connectivity index (χ2n) is 2.94. The molecule has 1 unspecified atom stereocenters. The summed E-state index contributed by atoms with van der Waals surface area (Å²) in [5.41, 5.74) is 1.19. The first kappa shape index (κ1) is 11.9. The van der Waals surface area contributed by atoms with Crippen LogP contribution in [0.1, 0.15) is 11.5 Å². The summed E-state index contributed by atoms with van der Waals surface area (Å²) in [6.45, 7) is 0.599. The van der Waals surface area contributed by atoms with Gasteiger partial charge >= 0.3 is 0 Å². The molecule has 1 aromatic rings. The highest BCUT2D eigenvalue weighted by Gasteiger charge is 2.10. The summed E-state index contributed by atoms with van der Waals surface area (Å²) in [6.07, 6.45) is 0. The molecule has 15 heavy (non-hydrogen) atoms. The quantitative estimate of drug-likeness (QED) is 0.446. The molecule has 0 saturated heterocycles. The molecule has 0 bridgehead atoms. The highest BCUT2D eigenvalue weighted by atomic mass is 32.2. The molecule has 2 nitrogen and oxygen atoms in total. The topological polar surface area (TPSA) is 36.1 Å². The van der Waals surface area contributed by atoms with Crippen LogP contribution in [0.3, 0.4) is 0 Å². The number of aliphatic imine (C=N–C) groups is 1. The van der Waals surface area contributed by atoms with E-state index in [-0.39, 0.29) is 5.92 Å². The van der Waals surface area contributed by atoms with E-state index in [1.807, 2.05) is 30.3 Å². The van der Waals surface area contributed by atoms with E-state index < -0.39 is 0 Å². The zero-order valence-corrected chi connectivity index (χ0v) is 9.72. The molecule has 0 saturated carbocycles. The maximum Gasteiger partial charge on any atom is 0.133 e. The lowest BCUT2D eigenvalue weighted by molar-refractivity contribution is 0.791. The van der Waals surface area contributed by atoms with Gasteiger partial charge in [0.05, 0.1) is 11.7 Å². The number of hydrogen-bond donors (Lipinski definition) is 0. The van der Waals surface area contributed by atoms with Gasteiger partial charge < -0.3 is 0 Å². The van der Waals surface area contributed by atoms with Crippen LogP contribution >= 0.6 is 24.0 Å². The molecule has 1 atom stereocenters. The fourth-order valence-electron chi connectivity index (χ4n) is 1.26. The minimum absolute atomic E-state index is 0.242. The normalized spacial score (nSPS) is 11.1. The van der Waals surface area contributed by atoms with Crippen molar-refractivity contribution in [2.75, 3.05) is 12.3 Å². The van der Waals surface area contributed by atoms with Gasteiger partial charge in [0.2, 0.25) is 0 Å². The van der Waals surface area contributed by atoms with E-state index in [2.05, 4.69) is 27.8 Å². The van der Waals surface area contributed by atoms with Crippen LogP contribution in [0.5, 0.6) is 0 Å². The van der Waals surface area contributed by atoms with Crippen molar-refractivity contribution in [3.05, 3.63) is 35.9 Å². The molecule has 0 heterocycles. The van der Waals surface area contributed by atoms with Gasteiger partial charge in [-0.15, -0.1) is 0 Å². The first-order valence-corrected chi connectivity index (χ1v) is 5.87. The molecule has 0 amide bonds. The van der Waals surface area contributed by atoms with E-state index in [4.69, 9.17) is 5.26 Å². The number of thiocarbonyl (C=S) groups is 1. The Bertz CT molecular complexity index is 377. The van der Waals surface area contributed by atoms with E-state index in [9.17, 15) is 0 Å². The van der Waals surface area contributed by atoms with Gasteiger partial charge in [-0.1, -0.05) is 30.3 Å². The Morgan fingerprint density at radius 1 is 1.40 bits per heavy atom. The number of isothiocyanates is 1. The summed E-state index contributed by atoms with van der Waals surface area (Å²) in [7, 11) is 0. The Morgan fingerprint density at radius 3 is 2.73 bits per heavy atom. The summed E-state index contributed by atoms with van der Waals surface area (Å²) in [4.78, 5) is 3.94. The highest BCUT2D eigenvalue weighted by Crippen LogP contribution is 2.20. The Hall–Kier alpha value is -1.14. The SMILES string of the molecule is N#CSCC(CN=C=S)c1ccccc1. The van der Waals surface area contributed by atoms with Gasteiger partial charge in [0.15, 0.2) is 0 Å². The summed E-state index contributed by atoms with van der Waals surface area (Å²) >= 11 is 5.79. The summed E-state index contributed by atoms with van der Waals surface area (Å²) in [6, 6.07) is 10.0. The van der Waals surface area contributed by atoms with Crippen molar-refractivity contribution >= 4 is 29.1 Å². The van der Waals surface area contributed by atoms with Crippen LogP contribution in [-0.4, -0.2) is 17.5 Å². The zero-order valence-electron chi connectivity index (χ0n) is 8.09. The number of nitrogens with zero attached hydrogens (tertiary/aromatic N) is 2. The fourth-order valence-corrected chi connectivity index (χ4v) is 1.91. The number of thioether (sulfide) groups is 1. The van der Waals surface area contributed by atoms with E-state index in [1.165, 1.54) is 17.3 Å². The van der Waals surface area contributed by atoms with Gasteiger partial charge in [-0.25, -0.2) is 4.99 Å². The van der Waals surface area contributed by atoms with Gasteiger partial charge in [-0.3, -0.25) is 0 Å². The lowest BCUT2D eigenvalue weighted by Crippen LogP contribution is -2.05. The number of benzene rings is 1. The predicted octanol–water partition coefficient (Wildman–Crippen LogP) is 3.09. The zero-order chi connectivity index (χ0) is 10.9. The van der Waals surface area contributed by atoms with E-state index in [0.29, 0.717) is 6.54 Å². The monoisotopic (exact) mass is 234 g/mol. The number of rotatable bonds is 5. The second kappa shape index (κ2) is 7.19. The Kier molecular flexibility index (Phi) is 5.72. The standard InChI is InChI=1S/C11H10N2S2/c12-8-15-7-11(6-13-9-14)10-4-2-1-3-5-10/h1-5,11H,6-7H2. The van der Waals surface area contributed by atoms with E-state index in [1.54, 1.807) is 0 Å². The Labute approximate surface area is 99.0 Å². The largest absolute Gasteiger partial charge is 0.232 e. The minimum atomic E-state index is 0.242. The average Bonchev–Trinajstić information content (AvgIpc) is 2.30. The van der Waals surface area contributed by atoms with Crippen molar-refractivity contribution in [1.29, 1.82) is 5.26 Å². The van der Waals surface area contributed by atoms with Crippen molar-refractivity contribution in [2.45, 2.75) is 5.92 Å². The molecule has 4 heteroatoms. The second-order valence-corrected chi connectivity index (χ2v) is 3.93. The van der Waals surface area contributed by atoms with E-state index in [0.717, 1.165) is 5.75 Å². The predicted molar refractivity (Wildman–Crippen MR) is 67.1 cm³/mol.